The van der Waals surface area contributed by atoms with E-state index in [1.54, 1.807) is 0 Å². The number of nitrogens with one attached hydrogen (secondary N) is 1. The van der Waals surface area contributed by atoms with E-state index in [0.717, 1.165) is 30.6 Å². The van der Waals surface area contributed by atoms with Gasteiger partial charge in [0.15, 0.2) is 0 Å². The maximum Gasteiger partial charge on any atom is 0.223 e. The second-order valence-corrected chi connectivity index (χ2v) is 6.88. The highest BCUT2D eigenvalue weighted by molar-refractivity contribution is 5.78. The summed E-state index contributed by atoms with van der Waals surface area (Å²) in [6.45, 7) is 6.57. The molecule has 0 spiro atoms. The highest BCUT2D eigenvalue weighted by atomic mass is 16.1. The van der Waals surface area contributed by atoms with Crippen LogP contribution in [0.15, 0.2) is 0 Å². The van der Waals surface area contributed by atoms with Gasteiger partial charge >= 0.3 is 0 Å². The summed E-state index contributed by atoms with van der Waals surface area (Å²) in [5, 5.41) is 3.33. The Bertz CT molecular complexity index is 302. The molecule has 2 bridgehead atoms. The van der Waals surface area contributed by atoms with Crippen molar-refractivity contribution in [1.82, 2.24) is 5.32 Å². The molecule has 2 saturated carbocycles. The summed E-state index contributed by atoms with van der Waals surface area (Å²) in [5.41, 5.74) is 0. The van der Waals surface area contributed by atoms with Crippen molar-refractivity contribution >= 4 is 5.91 Å². The minimum absolute atomic E-state index is 0.237. The highest BCUT2D eigenvalue weighted by Gasteiger charge is 2.42. The second-order valence-electron chi connectivity index (χ2n) is 6.88. The van der Waals surface area contributed by atoms with Gasteiger partial charge in [-0.3, -0.25) is 4.79 Å². The van der Waals surface area contributed by atoms with Gasteiger partial charge in [0.2, 0.25) is 5.91 Å². The average Bonchev–Trinajstić information content (AvgIpc) is 3.01. The first kappa shape index (κ1) is 14.9. The number of hydrogen-bond donors (Lipinski definition) is 1. The van der Waals surface area contributed by atoms with Crippen molar-refractivity contribution in [2.45, 2.75) is 78.2 Å². The van der Waals surface area contributed by atoms with Crippen LogP contribution in [-0.2, 0) is 4.79 Å². The SMILES string of the molecule is CCCC[C@H](CC)C(=O)N[C@H](C)[C@@H]1C[C@@H]2CC[C@@H]1C2. The third kappa shape index (κ3) is 3.52. The molecule has 110 valence electrons. The molecule has 0 saturated heterocycles. The van der Waals surface area contributed by atoms with Crippen LogP contribution in [0.1, 0.15) is 72.1 Å². The van der Waals surface area contributed by atoms with E-state index in [-0.39, 0.29) is 5.92 Å². The topological polar surface area (TPSA) is 29.1 Å². The minimum atomic E-state index is 0.237. The lowest BCUT2D eigenvalue weighted by Gasteiger charge is -2.29. The number of amides is 1. The van der Waals surface area contributed by atoms with Crippen LogP contribution in [-0.4, -0.2) is 11.9 Å². The summed E-state index contributed by atoms with van der Waals surface area (Å²) in [7, 11) is 0. The maximum absolute atomic E-state index is 12.3. The van der Waals surface area contributed by atoms with Gasteiger partial charge in [-0.1, -0.05) is 33.1 Å². The zero-order valence-electron chi connectivity index (χ0n) is 13.0. The standard InChI is InChI=1S/C17H31NO/c1-4-6-7-14(5-2)17(19)18-12(3)16-11-13-8-9-15(16)10-13/h12-16H,4-11H2,1-3H3,(H,18,19)/t12-,13-,14+,15-,16+/m1/s1. The molecule has 0 heterocycles. The molecule has 1 amide bonds. The van der Waals surface area contributed by atoms with Crippen LogP contribution in [0.2, 0.25) is 0 Å². The molecule has 0 aromatic carbocycles. The molecule has 19 heavy (non-hydrogen) atoms. The predicted octanol–water partition coefficient (Wildman–Crippen LogP) is 4.14. The monoisotopic (exact) mass is 265 g/mol. The first-order valence-electron chi connectivity index (χ1n) is 8.46. The van der Waals surface area contributed by atoms with Gasteiger partial charge in [0.05, 0.1) is 0 Å². The molecule has 2 nitrogen and oxygen atoms in total. The predicted molar refractivity (Wildman–Crippen MR) is 79.8 cm³/mol. The maximum atomic E-state index is 12.3. The van der Waals surface area contributed by atoms with Gasteiger partial charge in [-0.25, -0.2) is 0 Å². The Morgan fingerprint density at radius 3 is 2.58 bits per heavy atom. The Labute approximate surface area is 118 Å². The Balaban J connectivity index is 1.80. The molecule has 2 aliphatic rings. The van der Waals surface area contributed by atoms with E-state index in [2.05, 4.69) is 26.1 Å². The molecule has 2 rings (SSSR count). The van der Waals surface area contributed by atoms with Crippen LogP contribution >= 0.6 is 0 Å². The number of carbonyl (C=O) groups excluding carboxylic acids is 1. The van der Waals surface area contributed by atoms with Crippen molar-refractivity contribution in [3.05, 3.63) is 0 Å². The minimum Gasteiger partial charge on any atom is -0.353 e. The van der Waals surface area contributed by atoms with Gasteiger partial charge < -0.3 is 5.32 Å². The smallest absolute Gasteiger partial charge is 0.223 e. The molecule has 0 aromatic heterocycles. The number of fused-ring (bicyclic) bond motifs is 2. The number of hydrogen-bond acceptors (Lipinski definition) is 1. The lowest BCUT2D eigenvalue weighted by atomic mass is 9.83. The first-order valence-corrected chi connectivity index (χ1v) is 8.46. The van der Waals surface area contributed by atoms with Gasteiger partial charge in [-0.05, 0) is 56.8 Å². The number of rotatable bonds is 7. The third-order valence-corrected chi connectivity index (χ3v) is 5.57. The van der Waals surface area contributed by atoms with Crippen LogP contribution < -0.4 is 5.32 Å². The zero-order valence-corrected chi connectivity index (χ0v) is 13.0. The van der Waals surface area contributed by atoms with Crippen molar-refractivity contribution in [3.8, 4) is 0 Å². The fourth-order valence-corrected chi connectivity index (χ4v) is 4.33. The van der Waals surface area contributed by atoms with Gasteiger partial charge in [-0.15, -0.1) is 0 Å². The fourth-order valence-electron chi connectivity index (χ4n) is 4.33. The molecule has 1 N–H and O–H groups in total. The van der Waals surface area contributed by atoms with Crippen LogP contribution in [0.4, 0.5) is 0 Å². The molecule has 0 radical (unpaired) electrons. The van der Waals surface area contributed by atoms with Crippen LogP contribution in [0.25, 0.3) is 0 Å². The van der Waals surface area contributed by atoms with Gasteiger partial charge in [0.1, 0.15) is 0 Å². The van der Waals surface area contributed by atoms with Crippen LogP contribution in [0.5, 0.6) is 0 Å². The Hall–Kier alpha value is -0.530. The molecule has 2 heteroatoms. The van der Waals surface area contributed by atoms with Crippen LogP contribution in [0.3, 0.4) is 0 Å². The molecular formula is C17H31NO. The molecule has 5 atom stereocenters. The van der Waals surface area contributed by atoms with Crippen molar-refractivity contribution in [1.29, 1.82) is 0 Å². The molecule has 2 aliphatic carbocycles. The van der Waals surface area contributed by atoms with E-state index in [4.69, 9.17) is 0 Å². The largest absolute Gasteiger partial charge is 0.353 e. The fraction of sp³-hybridized carbons (Fsp3) is 0.941. The average molecular weight is 265 g/mol. The van der Waals surface area contributed by atoms with E-state index < -0.39 is 0 Å². The van der Waals surface area contributed by atoms with E-state index >= 15 is 0 Å². The van der Waals surface area contributed by atoms with E-state index in [0.29, 0.717) is 11.9 Å². The van der Waals surface area contributed by atoms with Crippen molar-refractivity contribution in [3.63, 3.8) is 0 Å². The summed E-state index contributed by atoms with van der Waals surface area (Å²) < 4.78 is 0. The number of carbonyl (C=O) groups is 1. The van der Waals surface area contributed by atoms with E-state index in [1.807, 2.05) is 0 Å². The highest BCUT2D eigenvalue weighted by Crippen LogP contribution is 2.49. The molecule has 0 unspecified atom stereocenters. The van der Waals surface area contributed by atoms with Crippen molar-refractivity contribution in [2.75, 3.05) is 0 Å². The summed E-state index contributed by atoms with van der Waals surface area (Å²) in [6, 6.07) is 0.387. The first-order chi connectivity index (χ1) is 9.15. The van der Waals surface area contributed by atoms with Crippen molar-refractivity contribution in [2.24, 2.45) is 23.7 Å². The van der Waals surface area contributed by atoms with Crippen LogP contribution in [0, 0.1) is 23.7 Å². The zero-order chi connectivity index (χ0) is 13.8. The Morgan fingerprint density at radius 2 is 2.05 bits per heavy atom. The van der Waals surface area contributed by atoms with Gasteiger partial charge in [0.25, 0.3) is 0 Å². The summed E-state index contributed by atoms with van der Waals surface area (Å²) >= 11 is 0. The third-order valence-electron chi connectivity index (χ3n) is 5.57. The normalized spacial score (nSPS) is 32.3. The quantitative estimate of drug-likeness (QED) is 0.736. The molecule has 0 aromatic rings. The van der Waals surface area contributed by atoms with Crippen molar-refractivity contribution < 1.29 is 4.79 Å². The lowest BCUT2D eigenvalue weighted by molar-refractivity contribution is -0.126. The van der Waals surface area contributed by atoms with E-state index in [9.17, 15) is 4.79 Å². The summed E-state index contributed by atoms with van der Waals surface area (Å²) in [6.07, 6.45) is 10.0. The van der Waals surface area contributed by atoms with Gasteiger partial charge in [-0.2, -0.15) is 0 Å². The Kier molecular flexibility index (Phi) is 5.29. The van der Waals surface area contributed by atoms with Gasteiger partial charge in [0, 0.05) is 12.0 Å². The lowest BCUT2D eigenvalue weighted by Crippen LogP contribution is -2.42. The van der Waals surface area contributed by atoms with E-state index in [1.165, 1.54) is 38.5 Å². The molecular weight excluding hydrogens is 234 g/mol. The Morgan fingerprint density at radius 1 is 1.26 bits per heavy atom. The second kappa shape index (κ2) is 6.76. The molecule has 2 fully saturated rings. The summed E-state index contributed by atoms with van der Waals surface area (Å²) in [5.74, 6) is 3.17. The number of unbranched alkanes of at least 4 members (excludes halogenated alkanes) is 1. The molecule has 0 aliphatic heterocycles. The summed E-state index contributed by atoms with van der Waals surface area (Å²) in [4.78, 5) is 12.3.